The fourth-order valence-corrected chi connectivity index (χ4v) is 2.58. The van der Waals surface area contributed by atoms with Crippen LogP contribution in [-0.2, 0) is 13.2 Å². The molecule has 1 heterocycles. The second-order valence-corrected chi connectivity index (χ2v) is 5.75. The zero-order valence-electron chi connectivity index (χ0n) is 14.4. The van der Waals surface area contributed by atoms with Crippen molar-refractivity contribution in [1.29, 1.82) is 5.26 Å². The molecule has 0 radical (unpaired) electrons. The van der Waals surface area contributed by atoms with Crippen molar-refractivity contribution < 1.29 is 17.9 Å². The molecule has 142 valence electrons. The number of nitrogens with zero attached hydrogens (tertiary/aromatic N) is 3. The Balaban J connectivity index is 2.17. The van der Waals surface area contributed by atoms with Crippen molar-refractivity contribution in [2.45, 2.75) is 6.18 Å². The molecule has 0 aliphatic rings. The van der Waals surface area contributed by atoms with Gasteiger partial charge in [0.1, 0.15) is 23.3 Å². The van der Waals surface area contributed by atoms with Crippen LogP contribution in [0.2, 0.25) is 0 Å². The highest BCUT2D eigenvalue weighted by atomic mass is 19.4. The number of hydrogen-bond acceptors (Lipinski definition) is 4. The molecule has 0 unspecified atom stereocenters. The van der Waals surface area contributed by atoms with Crippen molar-refractivity contribution in [2.24, 2.45) is 7.05 Å². The van der Waals surface area contributed by atoms with Crippen LogP contribution in [0.15, 0.2) is 64.2 Å². The Morgan fingerprint density at radius 1 is 1.04 bits per heavy atom. The third kappa shape index (κ3) is 3.53. The Labute approximate surface area is 156 Å². The number of hydrogen-bond donors (Lipinski definition) is 0. The minimum atomic E-state index is -4.85. The van der Waals surface area contributed by atoms with Gasteiger partial charge in [0.2, 0.25) is 0 Å². The van der Waals surface area contributed by atoms with E-state index in [1.165, 1.54) is 18.2 Å². The molecular formula is C19H12F3N3O3. The molecule has 3 rings (SSSR count). The summed E-state index contributed by atoms with van der Waals surface area (Å²) in [5.41, 5.74) is -3.57. The lowest BCUT2D eigenvalue weighted by molar-refractivity contribution is -0.144. The standard InChI is InChI=1S/C19H12F3N3O3/c1-24-16(19(20,21)22)10-17(26)25(18(24)27)13-8-7-12(11-23)15(9-13)28-14-5-3-2-4-6-14/h2-10H,1H3. The fraction of sp³-hybridized carbons (Fsp3) is 0.105. The Bertz CT molecular complexity index is 1190. The maximum absolute atomic E-state index is 13.0. The molecule has 0 spiro atoms. The highest BCUT2D eigenvalue weighted by Gasteiger charge is 2.35. The molecule has 0 bridgehead atoms. The Kier molecular flexibility index (Phi) is 4.79. The molecule has 3 aromatic rings. The average molecular weight is 387 g/mol. The predicted molar refractivity (Wildman–Crippen MR) is 93.5 cm³/mol. The van der Waals surface area contributed by atoms with Gasteiger partial charge < -0.3 is 4.74 Å². The van der Waals surface area contributed by atoms with Gasteiger partial charge in [-0.2, -0.15) is 18.4 Å². The zero-order chi connectivity index (χ0) is 20.5. The second kappa shape index (κ2) is 7.08. The van der Waals surface area contributed by atoms with Crippen molar-refractivity contribution in [3.8, 4) is 23.3 Å². The van der Waals surface area contributed by atoms with E-state index in [0.717, 1.165) is 7.05 Å². The SMILES string of the molecule is Cn1c(C(F)(F)F)cc(=O)n(-c2ccc(C#N)c(Oc3ccccc3)c2)c1=O. The fourth-order valence-electron chi connectivity index (χ4n) is 2.58. The summed E-state index contributed by atoms with van der Waals surface area (Å²) in [7, 11) is 0.923. The highest BCUT2D eigenvalue weighted by molar-refractivity contribution is 5.51. The molecule has 9 heteroatoms. The summed E-state index contributed by atoms with van der Waals surface area (Å²) in [6, 6.07) is 14.6. The summed E-state index contributed by atoms with van der Waals surface area (Å²) in [6.45, 7) is 0. The molecule has 0 N–H and O–H groups in total. The number of ether oxygens (including phenoxy) is 1. The van der Waals surface area contributed by atoms with Gasteiger partial charge in [0, 0.05) is 19.2 Å². The quantitative estimate of drug-likeness (QED) is 0.692. The number of rotatable bonds is 3. The van der Waals surface area contributed by atoms with Gasteiger partial charge in [-0.1, -0.05) is 18.2 Å². The molecule has 0 aliphatic carbocycles. The van der Waals surface area contributed by atoms with Crippen LogP contribution < -0.4 is 16.0 Å². The molecular weight excluding hydrogens is 375 g/mol. The summed E-state index contributed by atoms with van der Waals surface area (Å²) < 4.78 is 45.5. The van der Waals surface area contributed by atoms with Crippen LogP contribution in [0.1, 0.15) is 11.3 Å². The van der Waals surface area contributed by atoms with Crippen LogP contribution in [0.5, 0.6) is 11.5 Å². The first-order chi connectivity index (χ1) is 13.2. The molecule has 2 aromatic carbocycles. The van der Waals surface area contributed by atoms with Gasteiger partial charge in [0.05, 0.1) is 11.3 Å². The van der Waals surface area contributed by atoms with E-state index in [-0.39, 0.29) is 17.0 Å². The van der Waals surface area contributed by atoms with Crippen molar-refractivity contribution in [2.75, 3.05) is 0 Å². The van der Waals surface area contributed by atoms with E-state index in [4.69, 9.17) is 4.74 Å². The Morgan fingerprint density at radius 2 is 1.71 bits per heavy atom. The maximum atomic E-state index is 13.0. The van der Waals surface area contributed by atoms with E-state index < -0.39 is 23.1 Å². The van der Waals surface area contributed by atoms with Gasteiger partial charge in [-0.15, -0.1) is 0 Å². The molecule has 0 saturated heterocycles. The lowest BCUT2D eigenvalue weighted by Crippen LogP contribution is -2.40. The summed E-state index contributed by atoms with van der Waals surface area (Å²) in [6.07, 6.45) is -4.85. The van der Waals surface area contributed by atoms with Gasteiger partial charge in [0.25, 0.3) is 5.56 Å². The Hall–Kier alpha value is -3.80. The number of alkyl halides is 3. The molecule has 0 fully saturated rings. The van der Waals surface area contributed by atoms with Gasteiger partial charge in [-0.05, 0) is 24.3 Å². The lowest BCUT2D eigenvalue weighted by atomic mass is 10.2. The third-order valence-electron chi connectivity index (χ3n) is 3.93. The van der Waals surface area contributed by atoms with E-state index in [0.29, 0.717) is 21.0 Å². The monoisotopic (exact) mass is 387 g/mol. The first-order valence-electron chi connectivity index (χ1n) is 7.90. The minimum absolute atomic E-state index is 0.0238. The normalized spacial score (nSPS) is 11.1. The van der Waals surface area contributed by atoms with E-state index in [2.05, 4.69) is 0 Å². The number of para-hydroxylation sites is 1. The topological polar surface area (TPSA) is 77.0 Å². The number of halogens is 3. The van der Waals surface area contributed by atoms with Crippen LogP contribution >= 0.6 is 0 Å². The largest absolute Gasteiger partial charge is 0.456 e. The zero-order valence-corrected chi connectivity index (χ0v) is 14.4. The lowest BCUT2D eigenvalue weighted by Gasteiger charge is -2.15. The molecule has 1 aromatic heterocycles. The summed E-state index contributed by atoms with van der Waals surface area (Å²) >= 11 is 0. The van der Waals surface area contributed by atoms with Crippen molar-refractivity contribution in [3.63, 3.8) is 0 Å². The van der Waals surface area contributed by atoms with Crippen molar-refractivity contribution in [3.05, 3.63) is 86.7 Å². The highest BCUT2D eigenvalue weighted by Crippen LogP contribution is 2.28. The number of aromatic nitrogens is 2. The van der Waals surface area contributed by atoms with Gasteiger partial charge in [0.15, 0.2) is 0 Å². The van der Waals surface area contributed by atoms with Crippen LogP contribution in [0, 0.1) is 11.3 Å². The van der Waals surface area contributed by atoms with E-state index in [1.54, 1.807) is 30.3 Å². The first-order valence-corrected chi connectivity index (χ1v) is 7.90. The number of nitriles is 1. The van der Waals surface area contributed by atoms with E-state index in [9.17, 15) is 28.0 Å². The molecule has 0 aliphatic heterocycles. The smallest absolute Gasteiger partial charge is 0.431 e. The van der Waals surface area contributed by atoms with Gasteiger partial charge in [-0.3, -0.25) is 9.36 Å². The van der Waals surface area contributed by atoms with Crippen molar-refractivity contribution >= 4 is 0 Å². The van der Waals surface area contributed by atoms with Gasteiger partial charge >= 0.3 is 11.9 Å². The van der Waals surface area contributed by atoms with Crippen LogP contribution in [0.25, 0.3) is 5.69 Å². The van der Waals surface area contributed by atoms with E-state index in [1.807, 2.05) is 6.07 Å². The van der Waals surface area contributed by atoms with E-state index >= 15 is 0 Å². The minimum Gasteiger partial charge on any atom is -0.456 e. The van der Waals surface area contributed by atoms with Crippen LogP contribution in [-0.4, -0.2) is 9.13 Å². The number of benzene rings is 2. The average Bonchev–Trinajstić information content (AvgIpc) is 2.65. The molecule has 6 nitrogen and oxygen atoms in total. The Morgan fingerprint density at radius 3 is 2.32 bits per heavy atom. The molecule has 28 heavy (non-hydrogen) atoms. The van der Waals surface area contributed by atoms with Crippen molar-refractivity contribution in [1.82, 2.24) is 9.13 Å². The maximum Gasteiger partial charge on any atom is 0.431 e. The third-order valence-corrected chi connectivity index (χ3v) is 3.93. The predicted octanol–water partition coefficient (Wildman–Crippen LogP) is 3.22. The molecule has 0 saturated carbocycles. The summed E-state index contributed by atoms with van der Waals surface area (Å²) in [5, 5.41) is 9.25. The molecule has 0 atom stereocenters. The van der Waals surface area contributed by atoms with Crippen LogP contribution in [0.4, 0.5) is 13.2 Å². The first kappa shape index (κ1) is 19.0. The summed E-state index contributed by atoms with van der Waals surface area (Å²) in [5.74, 6) is 0.462. The van der Waals surface area contributed by atoms with Crippen LogP contribution in [0.3, 0.4) is 0 Å². The summed E-state index contributed by atoms with van der Waals surface area (Å²) in [4.78, 5) is 24.6. The van der Waals surface area contributed by atoms with Gasteiger partial charge in [-0.25, -0.2) is 9.36 Å². The second-order valence-electron chi connectivity index (χ2n) is 5.75. The molecule has 0 amide bonds.